The third-order valence-electron chi connectivity index (χ3n) is 2.62. The van der Waals surface area contributed by atoms with Gasteiger partial charge in [0.25, 0.3) is 5.91 Å². The molecule has 0 fully saturated rings. The van der Waals surface area contributed by atoms with E-state index >= 15 is 0 Å². The number of nitrogens with one attached hydrogen (secondary N) is 2. The molecule has 2 amide bonds. The summed E-state index contributed by atoms with van der Waals surface area (Å²) >= 11 is 0. The molecule has 0 unspecified atom stereocenters. The molecule has 0 bridgehead atoms. The maximum atomic E-state index is 11.9. The zero-order chi connectivity index (χ0) is 16.4. The Labute approximate surface area is 129 Å². The van der Waals surface area contributed by atoms with Crippen molar-refractivity contribution in [3.63, 3.8) is 0 Å². The van der Waals surface area contributed by atoms with Gasteiger partial charge in [0.1, 0.15) is 5.75 Å². The highest BCUT2D eigenvalue weighted by Crippen LogP contribution is 2.13. The van der Waals surface area contributed by atoms with Crippen molar-refractivity contribution in [3.05, 3.63) is 29.8 Å². The molecular formula is C15H20N2O5. The molecule has 0 radical (unpaired) electrons. The number of hydrogen-bond acceptors (Lipinski definition) is 5. The maximum Gasteiger partial charge on any atom is 0.308 e. The van der Waals surface area contributed by atoms with E-state index in [1.165, 1.54) is 20.1 Å². The first-order chi connectivity index (χ1) is 10.5. The molecule has 0 saturated carbocycles. The first kappa shape index (κ1) is 17.6. The lowest BCUT2D eigenvalue weighted by Crippen LogP contribution is -2.35. The third kappa shape index (κ3) is 6.85. The summed E-state index contributed by atoms with van der Waals surface area (Å²) in [6, 6.07) is 6.31. The second-order valence-corrected chi connectivity index (χ2v) is 4.47. The normalized spacial score (nSPS) is 9.91. The summed E-state index contributed by atoms with van der Waals surface area (Å²) in [5.41, 5.74) is 0.379. The van der Waals surface area contributed by atoms with Gasteiger partial charge in [-0.1, -0.05) is 6.07 Å². The average Bonchev–Trinajstić information content (AvgIpc) is 2.49. The predicted molar refractivity (Wildman–Crippen MR) is 79.6 cm³/mol. The van der Waals surface area contributed by atoms with Crippen LogP contribution in [0.5, 0.6) is 5.75 Å². The Hall–Kier alpha value is -2.41. The lowest BCUT2D eigenvalue weighted by molar-refractivity contribution is -0.131. The Morgan fingerprint density at radius 1 is 1.14 bits per heavy atom. The van der Waals surface area contributed by atoms with Gasteiger partial charge in [-0.3, -0.25) is 14.4 Å². The molecule has 120 valence electrons. The van der Waals surface area contributed by atoms with Gasteiger partial charge in [0.05, 0.1) is 6.61 Å². The number of benzene rings is 1. The lowest BCUT2D eigenvalue weighted by atomic mass is 10.2. The smallest absolute Gasteiger partial charge is 0.308 e. The Bertz CT molecular complexity index is 530. The molecule has 22 heavy (non-hydrogen) atoms. The maximum absolute atomic E-state index is 11.9. The van der Waals surface area contributed by atoms with Crippen molar-refractivity contribution in [2.24, 2.45) is 0 Å². The molecule has 0 aliphatic rings. The summed E-state index contributed by atoms with van der Waals surface area (Å²) in [6.07, 6.45) is 0.287. The van der Waals surface area contributed by atoms with Crippen LogP contribution in [0.2, 0.25) is 0 Å². The minimum absolute atomic E-state index is 0.132. The highest BCUT2D eigenvalue weighted by molar-refractivity contribution is 5.94. The molecular weight excluding hydrogens is 288 g/mol. The van der Waals surface area contributed by atoms with Crippen molar-refractivity contribution in [1.29, 1.82) is 0 Å². The Morgan fingerprint density at radius 2 is 1.86 bits per heavy atom. The van der Waals surface area contributed by atoms with E-state index in [1.807, 2.05) is 0 Å². The molecule has 7 nitrogen and oxygen atoms in total. The van der Waals surface area contributed by atoms with Crippen molar-refractivity contribution >= 4 is 17.8 Å². The van der Waals surface area contributed by atoms with Gasteiger partial charge in [0, 0.05) is 39.1 Å². The van der Waals surface area contributed by atoms with E-state index in [-0.39, 0.29) is 18.2 Å². The molecule has 0 aliphatic carbocycles. The molecule has 0 spiro atoms. The zero-order valence-electron chi connectivity index (χ0n) is 12.7. The fraction of sp³-hybridized carbons (Fsp3) is 0.400. The van der Waals surface area contributed by atoms with Crippen molar-refractivity contribution in [2.75, 3.05) is 26.8 Å². The number of ether oxygens (including phenoxy) is 2. The number of carbonyl (C=O) groups excluding carboxylic acids is 3. The fourth-order valence-corrected chi connectivity index (χ4v) is 1.63. The molecule has 1 aromatic carbocycles. The molecule has 0 aromatic heterocycles. The monoisotopic (exact) mass is 308 g/mol. The largest absolute Gasteiger partial charge is 0.427 e. The third-order valence-corrected chi connectivity index (χ3v) is 2.62. The molecule has 1 aromatic rings. The molecule has 2 N–H and O–H groups in total. The number of esters is 1. The second-order valence-electron chi connectivity index (χ2n) is 4.47. The van der Waals surface area contributed by atoms with E-state index in [2.05, 4.69) is 10.6 Å². The van der Waals surface area contributed by atoms with E-state index in [1.54, 1.807) is 18.2 Å². The van der Waals surface area contributed by atoms with Gasteiger partial charge in [-0.25, -0.2) is 0 Å². The van der Waals surface area contributed by atoms with Gasteiger partial charge < -0.3 is 20.1 Å². The van der Waals surface area contributed by atoms with Crippen molar-refractivity contribution in [3.8, 4) is 5.75 Å². The van der Waals surface area contributed by atoms with Gasteiger partial charge in [-0.05, 0) is 18.2 Å². The van der Waals surface area contributed by atoms with Gasteiger partial charge in [0.2, 0.25) is 5.91 Å². The van der Waals surface area contributed by atoms with Crippen LogP contribution < -0.4 is 15.4 Å². The second kappa shape index (κ2) is 9.51. The van der Waals surface area contributed by atoms with Crippen molar-refractivity contribution < 1.29 is 23.9 Å². The van der Waals surface area contributed by atoms with Crippen LogP contribution in [0.1, 0.15) is 23.7 Å². The van der Waals surface area contributed by atoms with E-state index in [0.29, 0.717) is 31.0 Å². The van der Waals surface area contributed by atoms with Gasteiger partial charge >= 0.3 is 5.97 Å². The standard InChI is InChI=1S/C15H20N2O5/c1-11(18)22-13-5-3-4-12(10-13)15(20)17-8-7-16-14(19)6-9-21-2/h3-5,10H,6-9H2,1-2H3,(H,16,19)(H,17,20). The van der Waals surface area contributed by atoms with E-state index in [0.717, 1.165) is 0 Å². The number of methoxy groups -OCH3 is 1. The number of hydrogen-bond donors (Lipinski definition) is 2. The summed E-state index contributed by atoms with van der Waals surface area (Å²) in [6.45, 7) is 2.29. The van der Waals surface area contributed by atoms with Crippen LogP contribution >= 0.6 is 0 Å². The first-order valence-electron chi connectivity index (χ1n) is 6.85. The molecule has 0 aliphatic heterocycles. The fourth-order valence-electron chi connectivity index (χ4n) is 1.63. The summed E-state index contributed by atoms with van der Waals surface area (Å²) in [7, 11) is 1.53. The van der Waals surface area contributed by atoms with Crippen LogP contribution in [-0.4, -0.2) is 44.6 Å². The van der Waals surface area contributed by atoms with E-state index in [4.69, 9.17) is 9.47 Å². The summed E-state index contributed by atoms with van der Waals surface area (Å²) < 4.78 is 9.70. The van der Waals surface area contributed by atoms with Gasteiger partial charge in [0.15, 0.2) is 0 Å². The van der Waals surface area contributed by atoms with Crippen LogP contribution in [0.4, 0.5) is 0 Å². The van der Waals surface area contributed by atoms with Crippen LogP contribution in [-0.2, 0) is 14.3 Å². The minimum atomic E-state index is -0.448. The number of carbonyl (C=O) groups is 3. The lowest BCUT2D eigenvalue weighted by Gasteiger charge is -2.08. The first-order valence-corrected chi connectivity index (χ1v) is 6.85. The molecule has 0 saturated heterocycles. The number of rotatable bonds is 8. The van der Waals surface area contributed by atoms with Crippen LogP contribution in [0.3, 0.4) is 0 Å². The van der Waals surface area contributed by atoms with Gasteiger partial charge in [-0.15, -0.1) is 0 Å². The number of amides is 2. The zero-order valence-corrected chi connectivity index (χ0v) is 12.7. The van der Waals surface area contributed by atoms with Crippen LogP contribution in [0.25, 0.3) is 0 Å². The molecule has 0 heterocycles. The van der Waals surface area contributed by atoms with Crippen LogP contribution in [0, 0.1) is 0 Å². The topological polar surface area (TPSA) is 93.7 Å². The van der Waals surface area contributed by atoms with Crippen molar-refractivity contribution in [1.82, 2.24) is 10.6 Å². The Kier molecular flexibility index (Phi) is 7.63. The van der Waals surface area contributed by atoms with Crippen molar-refractivity contribution in [2.45, 2.75) is 13.3 Å². The van der Waals surface area contributed by atoms with Gasteiger partial charge in [-0.2, -0.15) is 0 Å². The molecule has 0 atom stereocenters. The van der Waals surface area contributed by atoms with Crippen LogP contribution in [0.15, 0.2) is 24.3 Å². The summed E-state index contributed by atoms with van der Waals surface area (Å²) in [5, 5.41) is 5.32. The highest BCUT2D eigenvalue weighted by Gasteiger charge is 2.07. The minimum Gasteiger partial charge on any atom is -0.427 e. The van der Waals surface area contributed by atoms with E-state index < -0.39 is 5.97 Å². The predicted octanol–water partition coefficient (Wildman–Crippen LogP) is 0.494. The van der Waals surface area contributed by atoms with E-state index in [9.17, 15) is 14.4 Å². The quantitative estimate of drug-likeness (QED) is 0.414. The molecule has 7 heteroatoms. The molecule has 1 rings (SSSR count). The Morgan fingerprint density at radius 3 is 2.55 bits per heavy atom. The highest BCUT2D eigenvalue weighted by atomic mass is 16.5. The summed E-state index contributed by atoms with van der Waals surface area (Å²) in [4.78, 5) is 34.1. The Balaban J connectivity index is 2.36. The SMILES string of the molecule is COCCC(=O)NCCNC(=O)c1cccc(OC(C)=O)c1. The summed E-state index contributed by atoms with van der Waals surface area (Å²) in [5.74, 6) is -0.572. The average molecular weight is 308 g/mol.